The molecule has 0 radical (unpaired) electrons. The standard InChI is InChI=1S/C14H20N2O2/c1-18-14-12(8-5-9-15-14)13(17)16-10-11-6-3-2-4-7-11/h5,8-9,11H,2-4,6-7,10H2,1H3,(H,16,17). The number of aromatic nitrogens is 1. The van der Waals surface area contributed by atoms with Gasteiger partial charge >= 0.3 is 0 Å². The molecule has 1 aliphatic carbocycles. The molecule has 0 atom stereocenters. The predicted octanol–water partition coefficient (Wildman–Crippen LogP) is 2.40. The maximum Gasteiger partial charge on any atom is 0.256 e. The van der Waals surface area contributed by atoms with Gasteiger partial charge in [-0.3, -0.25) is 4.79 Å². The van der Waals surface area contributed by atoms with E-state index >= 15 is 0 Å². The van der Waals surface area contributed by atoms with Crippen LogP contribution in [0.3, 0.4) is 0 Å². The minimum Gasteiger partial charge on any atom is -0.480 e. The molecule has 4 heteroatoms. The van der Waals surface area contributed by atoms with Crippen LogP contribution in [0.15, 0.2) is 18.3 Å². The molecule has 0 aromatic carbocycles. The number of rotatable bonds is 4. The van der Waals surface area contributed by atoms with E-state index in [0.29, 0.717) is 17.4 Å². The molecule has 1 heterocycles. The van der Waals surface area contributed by atoms with E-state index in [1.165, 1.54) is 39.2 Å². The molecule has 98 valence electrons. The van der Waals surface area contributed by atoms with Crippen LogP contribution in [0.2, 0.25) is 0 Å². The number of methoxy groups -OCH3 is 1. The average molecular weight is 248 g/mol. The lowest BCUT2D eigenvalue weighted by atomic mass is 9.89. The first kappa shape index (κ1) is 12.9. The van der Waals surface area contributed by atoms with Crippen LogP contribution in [-0.2, 0) is 0 Å². The molecular weight excluding hydrogens is 228 g/mol. The zero-order chi connectivity index (χ0) is 12.8. The molecule has 0 unspecified atom stereocenters. The van der Waals surface area contributed by atoms with E-state index < -0.39 is 0 Å². The van der Waals surface area contributed by atoms with Gasteiger partial charge in [0.1, 0.15) is 5.56 Å². The molecule has 18 heavy (non-hydrogen) atoms. The Morgan fingerprint density at radius 3 is 2.94 bits per heavy atom. The zero-order valence-corrected chi connectivity index (χ0v) is 10.8. The van der Waals surface area contributed by atoms with Gasteiger partial charge in [-0.2, -0.15) is 0 Å². The highest BCUT2D eigenvalue weighted by atomic mass is 16.5. The maximum atomic E-state index is 12.0. The summed E-state index contributed by atoms with van der Waals surface area (Å²) in [7, 11) is 1.53. The van der Waals surface area contributed by atoms with Crippen molar-refractivity contribution in [3.05, 3.63) is 23.9 Å². The van der Waals surface area contributed by atoms with Gasteiger partial charge in [0.05, 0.1) is 7.11 Å². The fourth-order valence-corrected chi connectivity index (χ4v) is 2.45. The number of pyridine rings is 1. The first-order valence-corrected chi connectivity index (χ1v) is 6.58. The monoisotopic (exact) mass is 248 g/mol. The van der Waals surface area contributed by atoms with Gasteiger partial charge in [0, 0.05) is 12.7 Å². The van der Waals surface area contributed by atoms with Crippen molar-refractivity contribution in [3.8, 4) is 5.88 Å². The first-order chi connectivity index (χ1) is 8.81. The van der Waals surface area contributed by atoms with Crippen LogP contribution in [0, 0.1) is 5.92 Å². The van der Waals surface area contributed by atoms with Crippen LogP contribution in [0.5, 0.6) is 5.88 Å². The molecule has 1 fully saturated rings. The van der Waals surface area contributed by atoms with E-state index in [4.69, 9.17) is 4.74 Å². The predicted molar refractivity (Wildman–Crippen MR) is 69.7 cm³/mol. The quantitative estimate of drug-likeness (QED) is 0.890. The van der Waals surface area contributed by atoms with Gasteiger partial charge in [0.25, 0.3) is 5.91 Å². The van der Waals surface area contributed by atoms with Crippen LogP contribution >= 0.6 is 0 Å². The second-order valence-corrected chi connectivity index (χ2v) is 4.77. The Kier molecular flexibility index (Phi) is 4.56. The molecule has 1 aliphatic rings. The van der Waals surface area contributed by atoms with Crippen LogP contribution in [0.25, 0.3) is 0 Å². The van der Waals surface area contributed by atoms with Gasteiger partial charge in [-0.25, -0.2) is 4.98 Å². The van der Waals surface area contributed by atoms with Crippen molar-refractivity contribution in [1.29, 1.82) is 0 Å². The Morgan fingerprint density at radius 1 is 1.44 bits per heavy atom. The van der Waals surface area contributed by atoms with E-state index in [1.54, 1.807) is 18.3 Å². The number of hydrogen-bond donors (Lipinski definition) is 1. The van der Waals surface area contributed by atoms with Gasteiger partial charge < -0.3 is 10.1 Å². The minimum absolute atomic E-state index is 0.0921. The van der Waals surface area contributed by atoms with E-state index in [-0.39, 0.29) is 5.91 Å². The SMILES string of the molecule is COc1ncccc1C(=O)NCC1CCCCC1. The summed E-state index contributed by atoms with van der Waals surface area (Å²) < 4.78 is 5.09. The van der Waals surface area contributed by atoms with Crippen molar-refractivity contribution in [2.24, 2.45) is 5.92 Å². The normalized spacial score (nSPS) is 16.3. The maximum absolute atomic E-state index is 12.0. The number of nitrogens with one attached hydrogen (secondary N) is 1. The molecule has 1 N–H and O–H groups in total. The van der Waals surface area contributed by atoms with Gasteiger partial charge in [-0.1, -0.05) is 19.3 Å². The number of amides is 1. The Bertz CT molecular complexity index is 401. The van der Waals surface area contributed by atoms with Crippen molar-refractivity contribution in [2.45, 2.75) is 32.1 Å². The third-order valence-corrected chi connectivity index (χ3v) is 3.49. The zero-order valence-electron chi connectivity index (χ0n) is 10.8. The molecular formula is C14H20N2O2. The number of hydrogen-bond acceptors (Lipinski definition) is 3. The summed E-state index contributed by atoms with van der Waals surface area (Å²) in [5.74, 6) is 0.925. The highest BCUT2D eigenvalue weighted by Gasteiger charge is 2.16. The van der Waals surface area contributed by atoms with Gasteiger partial charge in [0.15, 0.2) is 0 Å². The summed E-state index contributed by atoms with van der Waals surface area (Å²) in [6, 6.07) is 3.49. The van der Waals surface area contributed by atoms with Crippen molar-refractivity contribution < 1.29 is 9.53 Å². The summed E-state index contributed by atoms with van der Waals surface area (Å²) in [5, 5.41) is 2.98. The molecule has 0 saturated heterocycles. The summed E-state index contributed by atoms with van der Waals surface area (Å²) in [4.78, 5) is 16.1. The van der Waals surface area contributed by atoms with Crippen LogP contribution in [-0.4, -0.2) is 24.5 Å². The van der Waals surface area contributed by atoms with E-state index in [1.807, 2.05) is 0 Å². The summed E-state index contributed by atoms with van der Waals surface area (Å²) in [5.41, 5.74) is 0.510. The molecule has 1 amide bonds. The fraction of sp³-hybridized carbons (Fsp3) is 0.571. The Labute approximate surface area is 108 Å². The van der Waals surface area contributed by atoms with Gasteiger partial charge in [0.2, 0.25) is 5.88 Å². The van der Waals surface area contributed by atoms with Crippen molar-refractivity contribution in [2.75, 3.05) is 13.7 Å². The van der Waals surface area contributed by atoms with E-state index in [2.05, 4.69) is 10.3 Å². The number of carbonyl (C=O) groups excluding carboxylic acids is 1. The van der Waals surface area contributed by atoms with Crippen molar-refractivity contribution in [1.82, 2.24) is 10.3 Å². The molecule has 0 aliphatic heterocycles. The fourth-order valence-electron chi connectivity index (χ4n) is 2.45. The summed E-state index contributed by atoms with van der Waals surface area (Å²) in [6.07, 6.45) is 7.99. The second-order valence-electron chi connectivity index (χ2n) is 4.77. The van der Waals surface area contributed by atoms with Crippen LogP contribution < -0.4 is 10.1 Å². The lowest BCUT2D eigenvalue weighted by Gasteiger charge is -2.21. The lowest BCUT2D eigenvalue weighted by molar-refractivity contribution is 0.0940. The molecule has 1 aromatic heterocycles. The molecule has 1 aromatic rings. The highest BCUT2D eigenvalue weighted by molar-refractivity contribution is 5.96. The third-order valence-electron chi connectivity index (χ3n) is 3.49. The highest BCUT2D eigenvalue weighted by Crippen LogP contribution is 2.23. The van der Waals surface area contributed by atoms with E-state index in [0.717, 1.165) is 6.54 Å². The van der Waals surface area contributed by atoms with Gasteiger partial charge in [-0.15, -0.1) is 0 Å². The molecule has 4 nitrogen and oxygen atoms in total. The third kappa shape index (κ3) is 3.22. The number of carbonyl (C=O) groups is 1. The van der Waals surface area contributed by atoms with Crippen LogP contribution in [0.4, 0.5) is 0 Å². The van der Waals surface area contributed by atoms with Crippen molar-refractivity contribution >= 4 is 5.91 Å². The molecule has 0 bridgehead atoms. The Balaban J connectivity index is 1.90. The number of nitrogens with zero attached hydrogens (tertiary/aromatic N) is 1. The van der Waals surface area contributed by atoms with Gasteiger partial charge in [-0.05, 0) is 30.9 Å². The second kappa shape index (κ2) is 6.38. The number of ether oxygens (including phenoxy) is 1. The van der Waals surface area contributed by atoms with Crippen molar-refractivity contribution in [3.63, 3.8) is 0 Å². The molecule has 0 spiro atoms. The first-order valence-electron chi connectivity index (χ1n) is 6.58. The van der Waals surface area contributed by atoms with Crippen LogP contribution in [0.1, 0.15) is 42.5 Å². The minimum atomic E-state index is -0.0921. The average Bonchev–Trinajstić information content (AvgIpc) is 2.45. The topological polar surface area (TPSA) is 51.2 Å². The van der Waals surface area contributed by atoms with E-state index in [9.17, 15) is 4.79 Å². The Hall–Kier alpha value is -1.58. The summed E-state index contributed by atoms with van der Waals surface area (Å²) in [6.45, 7) is 0.761. The molecule has 2 rings (SSSR count). The Morgan fingerprint density at radius 2 is 2.22 bits per heavy atom. The summed E-state index contributed by atoms with van der Waals surface area (Å²) >= 11 is 0. The smallest absolute Gasteiger partial charge is 0.256 e. The lowest BCUT2D eigenvalue weighted by Crippen LogP contribution is -2.30. The molecule has 1 saturated carbocycles. The largest absolute Gasteiger partial charge is 0.480 e.